The van der Waals surface area contributed by atoms with Gasteiger partial charge in [-0.1, -0.05) is 36.8 Å². The van der Waals surface area contributed by atoms with Crippen LogP contribution in [0.15, 0.2) is 36.4 Å². The zero-order valence-corrected chi connectivity index (χ0v) is 12.5. The monoisotopic (exact) mass is 285 g/mol. The molecule has 3 rings (SSSR count). The number of nitrogens with one attached hydrogen (secondary N) is 1. The third kappa shape index (κ3) is 2.89. The Bertz CT molecular complexity index is 611. The standard InChI is InChI=1S/C18H23NO2/c1-21-18-10-9-13-5-2-3-7-15(13)16(18)11-19-17-8-4-6-14(17)12-20/h2-3,5,7,9-10,14,17,19-20H,4,6,8,11-12H2,1H3. The SMILES string of the molecule is COc1ccc2ccccc2c1CNC1CCCC1CO. The molecule has 1 aliphatic rings. The average Bonchev–Trinajstić information content (AvgIpc) is 2.99. The van der Waals surface area contributed by atoms with Gasteiger partial charge in [0.1, 0.15) is 5.75 Å². The van der Waals surface area contributed by atoms with E-state index in [1.165, 1.54) is 22.8 Å². The first-order chi connectivity index (χ1) is 10.3. The molecule has 3 heteroatoms. The first-order valence-corrected chi connectivity index (χ1v) is 7.72. The molecule has 0 aromatic heterocycles. The van der Waals surface area contributed by atoms with Crippen LogP contribution < -0.4 is 10.1 Å². The molecule has 2 N–H and O–H groups in total. The zero-order valence-electron chi connectivity index (χ0n) is 12.5. The van der Waals surface area contributed by atoms with Gasteiger partial charge in [0.05, 0.1) is 7.11 Å². The van der Waals surface area contributed by atoms with Gasteiger partial charge in [0.25, 0.3) is 0 Å². The van der Waals surface area contributed by atoms with E-state index < -0.39 is 0 Å². The lowest BCUT2D eigenvalue weighted by Crippen LogP contribution is -2.33. The van der Waals surface area contributed by atoms with Crippen molar-refractivity contribution in [2.75, 3.05) is 13.7 Å². The van der Waals surface area contributed by atoms with Gasteiger partial charge >= 0.3 is 0 Å². The van der Waals surface area contributed by atoms with E-state index in [9.17, 15) is 5.11 Å². The first-order valence-electron chi connectivity index (χ1n) is 7.72. The van der Waals surface area contributed by atoms with E-state index in [2.05, 4.69) is 35.6 Å². The molecule has 2 unspecified atom stereocenters. The van der Waals surface area contributed by atoms with Crippen molar-refractivity contribution in [2.45, 2.75) is 31.8 Å². The van der Waals surface area contributed by atoms with Gasteiger partial charge in [-0.3, -0.25) is 0 Å². The van der Waals surface area contributed by atoms with Crippen molar-refractivity contribution in [1.29, 1.82) is 0 Å². The summed E-state index contributed by atoms with van der Waals surface area (Å²) in [6.07, 6.45) is 3.48. The number of rotatable bonds is 5. The first kappa shape index (κ1) is 14.4. The largest absolute Gasteiger partial charge is 0.496 e. The molecule has 1 fully saturated rings. The Morgan fingerprint density at radius 2 is 2.05 bits per heavy atom. The summed E-state index contributed by atoms with van der Waals surface area (Å²) >= 11 is 0. The lowest BCUT2D eigenvalue weighted by Gasteiger charge is -2.20. The summed E-state index contributed by atoms with van der Waals surface area (Å²) in [6.45, 7) is 1.07. The van der Waals surface area contributed by atoms with Crippen LogP contribution in [-0.4, -0.2) is 24.9 Å². The Morgan fingerprint density at radius 3 is 2.86 bits per heavy atom. The maximum absolute atomic E-state index is 9.44. The highest BCUT2D eigenvalue weighted by atomic mass is 16.5. The van der Waals surface area contributed by atoms with Gasteiger partial charge in [0.15, 0.2) is 0 Å². The highest BCUT2D eigenvalue weighted by Crippen LogP contribution is 2.30. The molecule has 0 amide bonds. The number of ether oxygens (including phenoxy) is 1. The van der Waals surface area contributed by atoms with E-state index in [1.807, 2.05) is 6.07 Å². The summed E-state index contributed by atoms with van der Waals surface area (Å²) in [5, 5.41) is 15.5. The summed E-state index contributed by atoms with van der Waals surface area (Å²) in [5.74, 6) is 1.32. The number of hydrogen-bond acceptors (Lipinski definition) is 3. The molecular weight excluding hydrogens is 262 g/mol. The molecule has 2 aromatic rings. The normalized spacial score (nSPS) is 21.8. The number of benzene rings is 2. The fourth-order valence-corrected chi connectivity index (χ4v) is 3.45. The summed E-state index contributed by atoms with van der Waals surface area (Å²) in [7, 11) is 1.72. The van der Waals surface area contributed by atoms with Crippen molar-refractivity contribution in [2.24, 2.45) is 5.92 Å². The Balaban J connectivity index is 1.85. The van der Waals surface area contributed by atoms with E-state index in [1.54, 1.807) is 7.11 Å². The van der Waals surface area contributed by atoms with E-state index in [-0.39, 0.29) is 6.61 Å². The van der Waals surface area contributed by atoms with Crippen LogP contribution in [0.1, 0.15) is 24.8 Å². The molecule has 1 saturated carbocycles. The summed E-state index contributed by atoms with van der Waals surface area (Å²) in [5.41, 5.74) is 1.21. The minimum Gasteiger partial charge on any atom is -0.496 e. The van der Waals surface area contributed by atoms with Crippen LogP contribution in [0.4, 0.5) is 0 Å². The fourth-order valence-electron chi connectivity index (χ4n) is 3.45. The van der Waals surface area contributed by atoms with Crippen LogP contribution in [0, 0.1) is 5.92 Å². The summed E-state index contributed by atoms with van der Waals surface area (Å²) < 4.78 is 5.53. The highest BCUT2D eigenvalue weighted by Gasteiger charge is 2.26. The Morgan fingerprint density at radius 1 is 1.19 bits per heavy atom. The summed E-state index contributed by atoms with van der Waals surface area (Å²) in [4.78, 5) is 0. The van der Waals surface area contributed by atoms with Gasteiger partial charge in [0.2, 0.25) is 0 Å². The van der Waals surface area contributed by atoms with Crippen molar-refractivity contribution >= 4 is 10.8 Å². The second-order valence-corrected chi connectivity index (χ2v) is 5.83. The zero-order chi connectivity index (χ0) is 14.7. The number of aliphatic hydroxyl groups excluding tert-OH is 1. The molecule has 2 atom stereocenters. The quantitative estimate of drug-likeness (QED) is 0.887. The molecule has 0 aliphatic heterocycles. The maximum Gasteiger partial charge on any atom is 0.123 e. The molecule has 0 saturated heterocycles. The van der Waals surface area contributed by atoms with Crippen molar-refractivity contribution in [3.63, 3.8) is 0 Å². The van der Waals surface area contributed by atoms with Gasteiger partial charge in [-0.25, -0.2) is 0 Å². The predicted octanol–water partition coefficient (Wildman–Crippen LogP) is 3.10. The maximum atomic E-state index is 9.44. The van der Waals surface area contributed by atoms with Gasteiger partial charge in [0, 0.05) is 24.8 Å². The van der Waals surface area contributed by atoms with Gasteiger partial charge in [-0.05, 0) is 35.6 Å². The van der Waals surface area contributed by atoms with Crippen LogP contribution in [0.3, 0.4) is 0 Å². The number of methoxy groups -OCH3 is 1. The van der Waals surface area contributed by atoms with Crippen LogP contribution in [-0.2, 0) is 6.54 Å². The van der Waals surface area contributed by atoms with Crippen LogP contribution in [0.2, 0.25) is 0 Å². The molecule has 21 heavy (non-hydrogen) atoms. The number of fused-ring (bicyclic) bond motifs is 1. The second kappa shape index (κ2) is 6.46. The lowest BCUT2D eigenvalue weighted by atomic mass is 10.0. The molecule has 0 spiro atoms. The van der Waals surface area contributed by atoms with Crippen LogP contribution in [0.25, 0.3) is 10.8 Å². The van der Waals surface area contributed by atoms with Crippen LogP contribution in [0.5, 0.6) is 5.75 Å². The fraction of sp³-hybridized carbons (Fsp3) is 0.444. The Kier molecular flexibility index (Phi) is 4.42. The highest BCUT2D eigenvalue weighted by molar-refractivity contribution is 5.87. The van der Waals surface area contributed by atoms with E-state index in [0.717, 1.165) is 25.1 Å². The molecule has 112 valence electrons. The molecule has 3 nitrogen and oxygen atoms in total. The minimum atomic E-state index is 0.282. The molecule has 1 aliphatic carbocycles. The molecular formula is C18H23NO2. The van der Waals surface area contributed by atoms with Crippen LogP contribution >= 0.6 is 0 Å². The van der Waals surface area contributed by atoms with Gasteiger partial charge < -0.3 is 15.2 Å². The van der Waals surface area contributed by atoms with Crippen molar-refractivity contribution in [3.05, 3.63) is 42.0 Å². The van der Waals surface area contributed by atoms with Crippen molar-refractivity contribution in [3.8, 4) is 5.75 Å². The van der Waals surface area contributed by atoms with E-state index in [4.69, 9.17) is 4.74 Å². The van der Waals surface area contributed by atoms with E-state index in [0.29, 0.717) is 12.0 Å². The van der Waals surface area contributed by atoms with Gasteiger partial charge in [-0.15, -0.1) is 0 Å². The van der Waals surface area contributed by atoms with Crippen molar-refractivity contribution < 1.29 is 9.84 Å². The van der Waals surface area contributed by atoms with Crippen molar-refractivity contribution in [1.82, 2.24) is 5.32 Å². The smallest absolute Gasteiger partial charge is 0.123 e. The molecule has 0 bridgehead atoms. The average molecular weight is 285 g/mol. The number of hydrogen-bond donors (Lipinski definition) is 2. The Labute approximate surface area is 125 Å². The minimum absolute atomic E-state index is 0.282. The molecule has 2 aromatic carbocycles. The predicted molar refractivity (Wildman–Crippen MR) is 85.6 cm³/mol. The topological polar surface area (TPSA) is 41.5 Å². The molecule has 0 heterocycles. The van der Waals surface area contributed by atoms with E-state index >= 15 is 0 Å². The molecule has 0 radical (unpaired) electrons. The lowest BCUT2D eigenvalue weighted by molar-refractivity contribution is 0.205. The Hall–Kier alpha value is -1.58. The third-order valence-corrected chi connectivity index (χ3v) is 4.65. The van der Waals surface area contributed by atoms with Gasteiger partial charge in [-0.2, -0.15) is 0 Å². The summed E-state index contributed by atoms with van der Waals surface area (Å²) in [6, 6.07) is 13.0. The number of aliphatic hydroxyl groups is 1. The third-order valence-electron chi connectivity index (χ3n) is 4.65. The second-order valence-electron chi connectivity index (χ2n) is 5.83.